The Morgan fingerprint density at radius 1 is 1.32 bits per heavy atom. The van der Waals surface area contributed by atoms with Crippen molar-refractivity contribution < 1.29 is 9.53 Å². The van der Waals surface area contributed by atoms with Crippen LogP contribution in [-0.4, -0.2) is 37.1 Å². The van der Waals surface area contributed by atoms with E-state index in [1.54, 1.807) is 11.9 Å². The number of amides is 1. The highest BCUT2D eigenvalue weighted by atomic mass is 16.5. The van der Waals surface area contributed by atoms with Gasteiger partial charge < -0.3 is 9.64 Å². The van der Waals surface area contributed by atoms with Crippen LogP contribution in [0.4, 0.5) is 0 Å². The van der Waals surface area contributed by atoms with Gasteiger partial charge in [0.15, 0.2) is 0 Å². The Hall–Kier alpha value is -1.08. The van der Waals surface area contributed by atoms with Crippen LogP contribution in [-0.2, 0) is 9.53 Å². The van der Waals surface area contributed by atoms with Gasteiger partial charge in [0.1, 0.15) is 5.41 Å². The number of ether oxygens (including phenoxy) is 1. The highest BCUT2D eigenvalue weighted by molar-refractivity contribution is 5.85. The predicted molar refractivity (Wildman–Crippen MR) is 76.6 cm³/mol. The van der Waals surface area contributed by atoms with Gasteiger partial charge in [0.2, 0.25) is 5.91 Å². The predicted octanol–water partition coefficient (Wildman–Crippen LogP) is 2.98. The quantitative estimate of drug-likeness (QED) is 0.646. The average molecular weight is 268 g/mol. The van der Waals surface area contributed by atoms with Gasteiger partial charge in [-0.25, -0.2) is 0 Å². The van der Waals surface area contributed by atoms with Crippen LogP contribution in [0.1, 0.15) is 53.4 Å². The second kappa shape index (κ2) is 8.92. The minimum atomic E-state index is -0.851. The monoisotopic (exact) mass is 268 g/mol. The van der Waals surface area contributed by atoms with Gasteiger partial charge in [0.05, 0.1) is 18.8 Å². The first-order valence-corrected chi connectivity index (χ1v) is 7.22. The molecule has 0 aliphatic heterocycles. The highest BCUT2D eigenvalue weighted by Crippen LogP contribution is 2.31. The van der Waals surface area contributed by atoms with Crippen LogP contribution >= 0.6 is 0 Å². The summed E-state index contributed by atoms with van der Waals surface area (Å²) in [5.74, 6) is -0.0638. The maximum absolute atomic E-state index is 12.5. The summed E-state index contributed by atoms with van der Waals surface area (Å²) in [4.78, 5) is 14.1. The Bertz CT molecular complexity index is 302. The summed E-state index contributed by atoms with van der Waals surface area (Å²) in [6, 6.07) is 2.27. The van der Waals surface area contributed by atoms with Crippen LogP contribution in [0.5, 0.6) is 0 Å². The van der Waals surface area contributed by atoms with Crippen LogP contribution in [0.25, 0.3) is 0 Å². The summed E-state index contributed by atoms with van der Waals surface area (Å²) in [5, 5.41) is 9.44. The maximum atomic E-state index is 12.5. The van der Waals surface area contributed by atoms with Gasteiger partial charge in [0.25, 0.3) is 0 Å². The lowest BCUT2D eigenvalue weighted by Crippen LogP contribution is -2.42. The number of carbonyl (C=O) groups is 1. The van der Waals surface area contributed by atoms with Gasteiger partial charge in [-0.1, -0.05) is 26.7 Å². The molecule has 0 N–H and O–H groups in total. The third-order valence-electron chi connectivity index (χ3n) is 3.20. The Morgan fingerprint density at radius 2 is 1.84 bits per heavy atom. The van der Waals surface area contributed by atoms with E-state index in [2.05, 4.69) is 6.07 Å². The van der Waals surface area contributed by atoms with Gasteiger partial charge in [-0.2, -0.15) is 5.26 Å². The molecule has 4 heteroatoms. The van der Waals surface area contributed by atoms with Gasteiger partial charge in [-0.15, -0.1) is 0 Å². The fourth-order valence-corrected chi connectivity index (χ4v) is 2.24. The van der Waals surface area contributed by atoms with Crippen LogP contribution < -0.4 is 0 Å². The molecule has 0 radical (unpaired) electrons. The van der Waals surface area contributed by atoms with E-state index in [1.807, 2.05) is 27.7 Å². The molecule has 0 saturated carbocycles. The standard InChI is InChI=1S/C15H28N2O2/c1-6-8-15(12-16,9-7-2)14(18)17(5)10-11-19-13(3)4/h13H,6-11H2,1-5H3. The number of rotatable bonds is 9. The van der Waals surface area contributed by atoms with Crippen LogP contribution in [0.2, 0.25) is 0 Å². The van der Waals surface area contributed by atoms with Crippen LogP contribution in [0.15, 0.2) is 0 Å². The van der Waals surface area contributed by atoms with Crippen molar-refractivity contribution in [1.82, 2.24) is 4.90 Å². The smallest absolute Gasteiger partial charge is 0.242 e. The van der Waals surface area contributed by atoms with E-state index in [0.29, 0.717) is 26.0 Å². The van der Waals surface area contributed by atoms with E-state index in [4.69, 9.17) is 4.74 Å². The largest absolute Gasteiger partial charge is 0.377 e. The SMILES string of the molecule is CCCC(C#N)(CCC)C(=O)N(C)CCOC(C)C. The first kappa shape index (κ1) is 17.9. The number of nitrogens with zero attached hydrogens (tertiary/aromatic N) is 2. The zero-order valence-corrected chi connectivity index (χ0v) is 13.0. The lowest BCUT2D eigenvalue weighted by molar-refractivity contribution is -0.139. The molecular weight excluding hydrogens is 240 g/mol. The number of likely N-dealkylation sites (N-methyl/N-ethyl adjacent to an activating group) is 1. The second-order valence-electron chi connectivity index (χ2n) is 5.34. The van der Waals surface area contributed by atoms with Crippen molar-refractivity contribution in [3.8, 4) is 6.07 Å². The molecule has 4 nitrogen and oxygen atoms in total. The molecule has 110 valence electrons. The van der Waals surface area contributed by atoms with Gasteiger partial charge in [-0.05, 0) is 26.7 Å². The lowest BCUT2D eigenvalue weighted by Gasteiger charge is -2.30. The first-order valence-electron chi connectivity index (χ1n) is 7.22. The molecule has 19 heavy (non-hydrogen) atoms. The molecule has 0 rings (SSSR count). The minimum Gasteiger partial charge on any atom is -0.377 e. The number of carbonyl (C=O) groups excluding carboxylic acids is 1. The second-order valence-corrected chi connectivity index (χ2v) is 5.34. The Morgan fingerprint density at radius 3 is 2.21 bits per heavy atom. The Kier molecular flexibility index (Phi) is 8.42. The van der Waals surface area contributed by atoms with E-state index in [1.165, 1.54) is 0 Å². The first-order chi connectivity index (χ1) is 8.93. The molecule has 0 unspecified atom stereocenters. The molecule has 0 heterocycles. The molecular formula is C15H28N2O2. The molecule has 0 bridgehead atoms. The molecule has 0 spiro atoms. The Balaban J connectivity index is 4.66. The maximum Gasteiger partial charge on any atom is 0.242 e. The van der Waals surface area contributed by atoms with E-state index in [9.17, 15) is 10.1 Å². The van der Waals surface area contributed by atoms with Gasteiger partial charge >= 0.3 is 0 Å². The van der Waals surface area contributed by atoms with E-state index in [0.717, 1.165) is 12.8 Å². The number of hydrogen-bond donors (Lipinski definition) is 0. The normalized spacial score (nSPS) is 11.4. The van der Waals surface area contributed by atoms with E-state index >= 15 is 0 Å². The summed E-state index contributed by atoms with van der Waals surface area (Å²) < 4.78 is 5.45. The topological polar surface area (TPSA) is 53.3 Å². The molecule has 0 aromatic heterocycles. The summed E-state index contributed by atoms with van der Waals surface area (Å²) in [7, 11) is 1.75. The van der Waals surface area contributed by atoms with Crippen molar-refractivity contribution in [1.29, 1.82) is 5.26 Å². The number of nitriles is 1. The molecule has 1 amide bonds. The highest BCUT2D eigenvalue weighted by Gasteiger charge is 2.38. The summed E-state index contributed by atoms with van der Waals surface area (Å²) >= 11 is 0. The van der Waals surface area contributed by atoms with Crippen LogP contribution in [0, 0.1) is 16.7 Å². The van der Waals surface area contributed by atoms with Gasteiger partial charge in [-0.3, -0.25) is 4.79 Å². The molecule has 0 aliphatic carbocycles. The summed E-state index contributed by atoms with van der Waals surface area (Å²) in [6.45, 7) is 9.01. The summed E-state index contributed by atoms with van der Waals surface area (Å²) in [6.07, 6.45) is 3.11. The zero-order valence-electron chi connectivity index (χ0n) is 13.0. The van der Waals surface area contributed by atoms with Crippen molar-refractivity contribution in [3.05, 3.63) is 0 Å². The number of hydrogen-bond acceptors (Lipinski definition) is 3. The molecule has 0 aromatic rings. The molecule has 0 aliphatic rings. The summed E-state index contributed by atoms with van der Waals surface area (Å²) in [5.41, 5.74) is -0.851. The molecule has 0 aromatic carbocycles. The van der Waals surface area contributed by atoms with E-state index in [-0.39, 0.29) is 12.0 Å². The van der Waals surface area contributed by atoms with Crippen molar-refractivity contribution in [2.24, 2.45) is 5.41 Å². The molecule has 0 saturated heterocycles. The van der Waals surface area contributed by atoms with Gasteiger partial charge in [0, 0.05) is 13.6 Å². The lowest BCUT2D eigenvalue weighted by atomic mass is 9.79. The fraction of sp³-hybridized carbons (Fsp3) is 0.867. The third-order valence-corrected chi connectivity index (χ3v) is 3.20. The van der Waals surface area contributed by atoms with Crippen molar-refractivity contribution in [2.75, 3.05) is 20.2 Å². The molecule has 0 fully saturated rings. The third kappa shape index (κ3) is 5.61. The molecule has 0 atom stereocenters. The van der Waals surface area contributed by atoms with Crippen molar-refractivity contribution in [3.63, 3.8) is 0 Å². The Labute approximate surface area is 117 Å². The van der Waals surface area contributed by atoms with E-state index < -0.39 is 5.41 Å². The fourth-order valence-electron chi connectivity index (χ4n) is 2.24. The van der Waals surface area contributed by atoms with Crippen molar-refractivity contribution in [2.45, 2.75) is 59.5 Å². The minimum absolute atomic E-state index is 0.0638. The van der Waals surface area contributed by atoms with Crippen LogP contribution in [0.3, 0.4) is 0 Å². The zero-order chi connectivity index (χ0) is 14.9. The van der Waals surface area contributed by atoms with Crippen molar-refractivity contribution >= 4 is 5.91 Å². The average Bonchev–Trinajstić information content (AvgIpc) is 2.36.